The van der Waals surface area contributed by atoms with Crippen LogP contribution in [0.3, 0.4) is 0 Å². The van der Waals surface area contributed by atoms with Crippen LogP contribution in [-0.4, -0.2) is 40.0 Å². The van der Waals surface area contributed by atoms with Crippen molar-refractivity contribution in [1.82, 2.24) is 9.88 Å². The molecule has 2 aromatic rings. The zero-order valence-corrected chi connectivity index (χ0v) is 13.5. The van der Waals surface area contributed by atoms with Gasteiger partial charge in [-0.15, -0.1) is 0 Å². The SMILES string of the molecule is CCCN(CC(=O)O)C(=O)c1cc(=O)[nH]c2c(Br)cccc12. The molecule has 22 heavy (non-hydrogen) atoms. The summed E-state index contributed by atoms with van der Waals surface area (Å²) in [6, 6.07) is 6.44. The Morgan fingerprint density at radius 1 is 1.36 bits per heavy atom. The number of rotatable bonds is 5. The van der Waals surface area contributed by atoms with Crippen molar-refractivity contribution >= 4 is 38.7 Å². The minimum atomic E-state index is -1.09. The number of benzene rings is 1. The van der Waals surface area contributed by atoms with Crippen LogP contribution < -0.4 is 5.56 Å². The summed E-state index contributed by atoms with van der Waals surface area (Å²) in [5, 5.41) is 9.52. The molecular formula is C15H15BrN2O4. The number of carbonyl (C=O) groups is 2. The number of pyridine rings is 1. The number of hydrogen-bond acceptors (Lipinski definition) is 3. The van der Waals surface area contributed by atoms with Crippen molar-refractivity contribution in [2.45, 2.75) is 13.3 Å². The maximum Gasteiger partial charge on any atom is 0.323 e. The van der Waals surface area contributed by atoms with Gasteiger partial charge < -0.3 is 15.0 Å². The Labute approximate surface area is 134 Å². The standard InChI is InChI=1S/C15H15BrN2O4/c1-2-6-18(8-13(20)21)15(22)10-7-12(19)17-14-9(10)4-3-5-11(14)16/h3-5,7H,2,6,8H2,1H3,(H,17,19)(H,20,21). The Balaban J connectivity index is 2.57. The van der Waals surface area contributed by atoms with Crippen molar-refractivity contribution in [2.75, 3.05) is 13.1 Å². The first kappa shape index (κ1) is 16.2. The van der Waals surface area contributed by atoms with Crippen LogP contribution in [0.1, 0.15) is 23.7 Å². The molecule has 0 spiro atoms. The van der Waals surface area contributed by atoms with Crippen LogP contribution in [0.2, 0.25) is 0 Å². The predicted octanol–water partition coefficient (Wildman–Crippen LogP) is 2.23. The van der Waals surface area contributed by atoms with E-state index in [9.17, 15) is 14.4 Å². The lowest BCUT2D eigenvalue weighted by Crippen LogP contribution is -2.36. The summed E-state index contributed by atoms with van der Waals surface area (Å²) in [6.45, 7) is 1.77. The summed E-state index contributed by atoms with van der Waals surface area (Å²) >= 11 is 3.33. The van der Waals surface area contributed by atoms with Gasteiger partial charge in [0.1, 0.15) is 6.54 Å². The van der Waals surface area contributed by atoms with Crippen LogP contribution in [-0.2, 0) is 4.79 Å². The highest BCUT2D eigenvalue weighted by Crippen LogP contribution is 2.24. The summed E-state index contributed by atoms with van der Waals surface area (Å²) < 4.78 is 0.664. The van der Waals surface area contributed by atoms with Crippen LogP contribution in [0.4, 0.5) is 0 Å². The number of carbonyl (C=O) groups excluding carboxylic acids is 1. The molecular weight excluding hydrogens is 352 g/mol. The monoisotopic (exact) mass is 366 g/mol. The summed E-state index contributed by atoms with van der Waals surface area (Å²) in [5.41, 5.74) is 0.314. The van der Waals surface area contributed by atoms with E-state index in [-0.39, 0.29) is 5.56 Å². The van der Waals surface area contributed by atoms with Crippen molar-refractivity contribution in [1.29, 1.82) is 0 Å². The highest BCUT2D eigenvalue weighted by atomic mass is 79.9. The number of aliphatic carboxylic acids is 1. The molecule has 0 unspecified atom stereocenters. The van der Waals surface area contributed by atoms with Crippen LogP contribution in [0.5, 0.6) is 0 Å². The van der Waals surface area contributed by atoms with E-state index in [0.717, 1.165) is 0 Å². The molecule has 1 aromatic carbocycles. The third-order valence-corrected chi connectivity index (χ3v) is 3.83. The maximum absolute atomic E-state index is 12.6. The minimum Gasteiger partial charge on any atom is -0.480 e. The molecule has 6 nitrogen and oxygen atoms in total. The van der Waals surface area contributed by atoms with E-state index in [4.69, 9.17) is 5.11 Å². The second-order valence-electron chi connectivity index (χ2n) is 4.83. The molecule has 0 aliphatic carbocycles. The minimum absolute atomic E-state index is 0.203. The first-order valence-corrected chi connectivity index (χ1v) is 7.56. The number of hydrogen-bond donors (Lipinski definition) is 2. The fourth-order valence-electron chi connectivity index (χ4n) is 2.28. The number of fused-ring (bicyclic) bond motifs is 1. The molecule has 0 saturated carbocycles. The second kappa shape index (κ2) is 6.74. The first-order chi connectivity index (χ1) is 10.4. The number of para-hydroxylation sites is 1. The van der Waals surface area contributed by atoms with Crippen LogP contribution in [0.15, 0.2) is 33.5 Å². The van der Waals surface area contributed by atoms with E-state index in [1.807, 2.05) is 6.92 Å². The second-order valence-corrected chi connectivity index (χ2v) is 5.68. The van der Waals surface area contributed by atoms with Gasteiger partial charge in [0.15, 0.2) is 0 Å². The smallest absolute Gasteiger partial charge is 0.323 e. The fourth-order valence-corrected chi connectivity index (χ4v) is 2.74. The van der Waals surface area contributed by atoms with Gasteiger partial charge in [-0.05, 0) is 28.4 Å². The quantitative estimate of drug-likeness (QED) is 0.848. The average molecular weight is 367 g/mol. The number of aromatic nitrogens is 1. The summed E-state index contributed by atoms with van der Waals surface area (Å²) in [4.78, 5) is 39.3. The number of carboxylic acid groups (broad SMARTS) is 1. The average Bonchev–Trinajstić information content (AvgIpc) is 2.46. The van der Waals surface area contributed by atoms with Gasteiger partial charge in [0, 0.05) is 22.5 Å². The first-order valence-electron chi connectivity index (χ1n) is 6.76. The molecule has 1 aromatic heterocycles. The number of H-pyrrole nitrogens is 1. The lowest BCUT2D eigenvalue weighted by atomic mass is 10.1. The topological polar surface area (TPSA) is 90.5 Å². The normalized spacial score (nSPS) is 10.6. The largest absolute Gasteiger partial charge is 0.480 e. The van der Waals surface area contributed by atoms with Gasteiger partial charge in [0.2, 0.25) is 5.56 Å². The lowest BCUT2D eigenvalue weighted by molar-refractivity contribution is -0.137. The van der Waals surface area contributed by atoms with Gasteiger partial charge in [0.05, 0.1) is 11.1 Å². The molecule has 0 radical (unpaired) electrons. The number of nitrogens with zero attached hydrogens (tertiary/aromatic N) is 1. The number of aromatic amines is 1. The maximum atomic E-state index is 12.6. The Bertz CT molecular complexity index is 785. The Morgan fingerprint density at radius 3 is 2.73 bits per heavy atom. The van der Waals surface area contributed by atoms with Crippen molar-refractivity contribution in [3.8, 4) is 0 Å². The highest BCUT2D eigenvalue weighted by molar-refractivity contribution is 9.10. The molecule has 0 fully saturated rings. The summed E-state index contributed by atoms with van der Waals surface area (Å²) in [7, 11) is 0. The molecule has 0 saturated heterocycles. The van der Waals surface area contributed by atoms with Crippen molar-refractivity contribution in [2.24, 2.45) is 0 Å². The Morgan fingerprint density at radius 2 is 2.09 bits per heavy atom. The number of carboxylic acids is 1. The third kappa shape index (κ3) is 3.36. The van der Waals surface area contributed by atoms with E-state index < -0.39 is 24.0 Å². The van der Waals surface area contributed by atoms with Gasteiger partial charge in [0.25, 0.3) is 5.91 Å². The molecule has 0 atom stereocenters. The van der Waals surface area contributed by atoms with E-state index in [2.05, 4.69) is 20.9 Å². The van der Waals surface area contributed by atoms with E-state index in [1.165, 1.54) is 11.0 Å². The van der Waals surface area contributed by atoms with Gasteiger partial charge in [-0.2, -0.15) is 0 Å². The molecule has 2 rings (SSSR count). The zero-order valence-electron chi connectivity index (χ0n) is 11.9. The molecule has 1 heterocycles. The molecule has 1 amide bonds. The number of halogens is 1. The highest BCUT2D eigenvalue weighted by Gasteiger charge is 2.21. The van der Waals surface area contributed by atoms with Gasteiger partial charge in [-0.3, -0.25) is 14.4 Å². The van der Waals surface area contributed by atoms with Crippen molar-refractivity contribution in [3.05, 3.63) is 44.7 Å². The van der Waals surface area contributed by atoms with Gasteiger partial charge >= 0.3 is 5.97 Å². The third-order valence-electron chi connectivity index (χ3n) is 3.16. The molecule has 2 N–H and O–H groups in total. The van der Waals surface area contributed by atoms with Crippen molar-refractivity contribution in [3.63, 3.8) is 0 Å². The molecule has 7 heteroatoms. The molecule has 0 bridgehead atoms. The van der Waals surface area contributed by atoms with Gasteiger partial charge in [-0.1, -0.05) is 19.1 Å². The van der Waals surface area contributed by atoms with Gasteiger partial charge in [-0.25, -0.2) is 0 Å². The summed E-state index contributed by atoms with van der Waals surface area (Å²) in [5.74, 6) is -1.55. The fraction of sp³-hybridized carbons (Fsp3) is 0.267. The summed E-state index contributed by atoms with van der Waals surface area (Å²) in [6.07, 6.45) is 0.629. The Kier molecular flexibility index (Phi) is 4.97. The lowest BCUT2D eigenvalue weighted by Gasteiger charge is -2.20. The molecule has 116 valence electrons. The molecule has 0 aliphatic rings. The van der Waals surface area contributed by atoms with Crippen molar-refractivity contribution < 1.29 is 14.7 Å². The zero-order chi connectivity index (χ0) is 16.3. The number of amides is 1. The Hall–Kier alpha value is -2.15. The predicted molar refractivity (Wildman–Crippen MR) is 86.1 cm³/mol. The van der Waals surface area contributed by atoms with E-state index in [1.54, 1.807) is 18.2 Å². The van der Waals surface area contributed by atoms with E-state index in [0.29, 0.717) is 28.3 Å². The van der Waals surface area contributed by atoms with Crippen LogP contribution in [0.25, 0.3) is 10.9 Å². The van der Waals surface area contributed by atoms with Crippen LogP contribution >= 0.6 is 15.9 Å². The number of nitrogens with one attached hydrogen (secondary N) is 1. The molecule has 0 aliphatic heterocycles. The van der Waals surface area contributed by atoms with Crippen LogP contribution in [0, 0.1) is 0 Å². The van der Waals surface area contributed by atoms with E-state index >= 15 is 0 Å².